The second kappa shape index (κ2) is 6.99. The molecule has 2 aromatic carbocycles. The van der Waals surface area contributed by atoms with Gasteiger partial charge in [-0.15, -0.1) is 0 Å². The van der Waals surface area contributed by atoms with E-state index >= 15 is 0 Å². The molecule has 6 nitrogen and oxygen atoms in total. The van der Waals surface area contributed by atoms with Gasteiger partial charge in [-0.1, -0.05) is 18.2 Å². The van der Waals surface area contributed by atoms with Gasteiger partial charge in [-0.05, 0) is 24.3 Å². The highest BCUT2D eigenvalue weighted by atomic mass is 16.5. The van der Waals surface area contributed by atoms with Crippen LogP contribution < -0.4 is 15.0 Å². The number of hydrogen-bond donors (Lipinski definition) is 1. The van der Waals surface area contributed by atoms with Crippen LogP contribution in [0.2, 0.25) is 0 Å². The molecule has 4 rings (SSSR count). The average Bonchev–Trinajstić information content (AvgIpc) is 3.07. The predicted octanol–water partition coefficient (Wildman–Crippen LogP) is 4.21. The summed E-state index contributed by atoms with van der Waals surface area (Å²) in [4.78, 5) is 11.1. The molecule has 0 spiro atoms. The second-order valence-electron chi connectivity index (χ2n) is 6.41. The lowest BCUT2D eigenvalue weighted by atomic mass is 10.1. The van der Waals surface area contributed by atoms with Gasteiger partial charge in [0.15, 0.2) is 5.65 Å². The van der Waals surface area contributed by atoms with Gasteiger partial charge in [-0.2, -0.15) is 0 Å². The van der Waals surface area contributed by atoms with Crippen molar-refractivity contribution in [3.8, 4) is 17.0 Å². The van der Waals surface area contributed by atoms with Crippen LogP contribution >= 0.6 is 0 Å². The van der Waals surface area contributed by atoms with Crippen molar-refractivity contribution in [3.63, 3.8) is 0 Å². The molecule has 0 saturated carbocycles. The Labute approximate surface area is 158 Å². The molecule has 0 aliphatic heterocycles. The Morgan fingerprint density at radius 3 is 2.63 bits per heavy atom. The first kappa shape index (κ1) is 16.9. The monoisotopic (exact) mass is 359 g/mol. The molecule has 0 fully saturated rings. The third-order valence-corrected chi connectivity index (χ3v) is 4.42. The van der Waals surface area contributed by atoms with E-state index in [2.05, 4.69) is 39.5 Å². The summed E-state index contributed by atoms with van der Waals surface area (Å²) in [6, 6.07) is 16.2. The van der Waals surface area contributed by atoms with Gasteiger partial charge in [0, 0.05) is 49.5 Å². The van der Waals surface area contributed by atoms with Crippen LogP contribution in [-0.4, -0.2) is 35.6 Å². The van der Waals surface area contributed by atoms with Gasteiger partial charge in [0.05, 0.1) is 13.3 Å². The van der Waals surface area contributed by atoms with Crippen LogP contribution in [0.4, 0.5) is 17.2 Å². The molecular formula is C21H21N5O. The lowest BCUT2D eigenvalue weighted by Crippen LogP contribution is -2.07. The number of anilines is 3. The topological polar surface area (TPSA) is 54.7 Å². The molecule has 2 heterocycles. The molecule has 0 aliphatic rings. The van der Waals surface area contributed by atoms with E-state index < -0.39 is 0 Å². The Kier molecular flexibility index (Phi) is 4.38. The molecule has 0 bridgehead atoms. The van der Waals surface area contributed by atoms with Crippen LogP contribution in [0, 0.1) is 0 Å². The van der Waals surface area contributed by atoms with E-state index in [-0.39, 0.29) is 0 Å². The van der Waals surface area contributed by atoms with Gasteiger partial charge in [0.1, 0.15) is 17.3 Å². The maximum absolute atomic E-state index is 5.33. The predicted molar refractivity (Wildman–Crippen MR) is 109 cm³/mol. The molecule has 27 heavy (non-hydrogen) atoms. The van der Waals surface area contributed by atoms with E-state index in [9.17, 15) is 0 Å². The molecular weight excluding hydrogens is 338 g/mol. The Morgan fingerprint density at radius 1 is 1.07 bits per heavy atom. The van der Waals surface area contributed by atoms with E-state index in [0.29, 0.717) is 0 Å². The summed E-state index contributed by atoms with van der Waals surface area (Å²) in [6.07, 6.45) is 5.42. The molecule has 0 saturated heterocycles. The third kappa shape index (κ3) is 3.29. The van der Waals surface area contributed by atoms with Crippen molar-refractivity contribution in [1.29, 1.82) is 0 Å². The maximum Gasteiger partial charge on any atom is 0.157 e. The summed E-state index contributed by atoms with van der Waals surface area (Å²) >= 11 is 0. The maximum atomic E-state index is 5.33. The Morgan fingerprint density at radius 2 is 1.89 bits per heavy atom. The van der Waals surface area contributed by atoms with Crippen LogP contribution in [-0.2, 0) is 0 Å². The fourth-order valence-corrected chi connectivity index (χ4v) is 2.98. The first-order valence-electron chi connectivity index (χ1n) is 8.66. The minimum absolute atomic E-state index is 0.787. The fourth-order valence-electron chi connectivity index (χ4n) is 2.98. The number of hydrogen-bond acceptors (Lipinski definition) is 5. The summed E-state index contributed by atoms with van der Waals surface area (Å²) < 4.78 is 7.34. The SMILES string of the molecule is COc1cccc(Nc2c(-c3ccc(N(C)C)cc3)nc3cnccn23)c1. The minimum atomic E-state index is 0.787. The van der Waals surface area contributed by atoms with Crippen molar-refractivity contribution < 1.29 is 4.74 Å². The molecule has 6 heteroatoms. The largest absolute Gasteiger partial charge is 0.497 e. The van der Waals surface area contributed by atoms with Crippen LogP contribution in [0.1, 0.15) is 0 Å². The van der Waals surface area contributed by atoms with Gasteiger partial charge in [0.2, 0.25) is 0 Å². The van der Waals surface area contributed by atoms with Crippen LogP contribution in [0.3, 0.4) is 0 Å². The van der Waals surface area contributed by atoms with Crippen molar-refractivity contribution in [2.75, 3.05) is 31.4 Å². The molecule has 136 valence electrons. The molecule has 4 aromatic rings. The summed E-state index contributed by atoms with van der Waals surface area (Å²) in [7, 11) is 5.72. The van der Waals surface area contributed by atoms with Crippen molar-refractivity contribution in [1.82, 2.24) is 14.4 Å². The normalized spacial score (nSPS) is 10.8. The number of aromatic nitrogens is 3. The number of nitrogens with one attached hydrogen (secondary N) is 1. The summed E-state index contributed by atoms with van der Waals surface area (Å²) in [5.41, 5.74) is 4.77. The summed E-state index contributed by atoms with van der Waals surface area (Å²) in [6.45, 7) is 0. The number of fused-ring (bicyclic) bond motifs is 1. The number of methoxy groups -OCH3 is 1. The van der Waals surface area contributed by atoms with Gasteiger partial charge >= 0.3 is 0 Å². The smallest absolute Gasteiger partial charge is 0.157 e. The van der Waals surface area contributed by atoms with Crippen molar-refractivity contribution in [2.24, 2.45) is 0 Å². The highest BCUT2D eigenvalue weighted by Crippen LogP contribution is 2.32. The Bertz CT molecular complexity index is 1070. The zero-order chi connectivity index (χ0) is 18.8. The number of rotatable bonds is 5. The zero-order valence-corrected chi connectivity index (χ0v) is 15.5. The Balaban J connectivity index is 1.81. The molecule has 0 unspecified atom stereocenters. The third-order valence-electron chi connectivity index (χ3n) is 4.42. The van der Waals surface area contributed by atoms with E-state index in [0.717, 1.165) is 39.8 Å². The second-order valence-corrected chi connectivity index (χ2v) is 6.41. The van der Waals surface area contributed by atoms with Crippen molar-refractivity contribution in [3.05, 3.63) is 67.1 Å². The van der Waals surface area contributed by atoms with Crippen LogP contribution in [0.25, 0.3) is 16.9 Å². The Hall–Kier alpha value is -3.54. The van der Waals surface area contributed by atoms with Crippen molar-refractivity contribution >= 4 is 22.8 Å². The summed E-state index contributed by atoms with van der Waals surface area (Å²) in [5.74, 6) is 1.69. The number of imidazole rings is 1. The van der Waals surface area contributed by atoms with Gasteiger partial charge in [0.25, 0.3) is 0 Å². The molecule has 1 N–H and O–H groups in total. The van der Waals surface area contributed by atoms with Gasteiger partial charge < -0.3 is 15.0 Å². The molecule has 0 aliphatic carbocycles. The van der Waals surface area contributed by atoms with Gasteiger partial charge in [-0.3, -0.25) is 9.38 Å². The lowest BCUT2D eigenvalue weighted by Gasteiger charge is -2.13. The molecule has 0 radical (unpaired) electrons. The molecule has 2 aromatic heterocycles. The number of benzene rings is 2. The van der Waals surface area contributed by atoms with Crippen LogP contribution in [0.15, 0.2) is 67.1 Å². The summed E-state index contributed by atoms with van der Waals surface area (Å²) in [5, 5.41) is 3.49. The molecule has 0 amide bonds. The minimum Gasteiger partial charge on any atom is -0.497 e. The van der Waals surface area contributed by atoms with E-state index in [4.69, 9.17) is 9.72 Å². The fraction of sp³-hybridized carbons (Fsp3) is 0.143. The van der Waals surface area contributed by atoms with Gasteiger partial charge in [-0.25, -0.2) is 4.98 Å². The first-order valence-corrected chi connectivity index (χ1v) is 8.66. The standard InChI is InChI=1S/C21H21N5O/c1-25(2)17-9-7-15(8-10-17)20-21(26-12-11-22-14-19(26)24-20)23-16-5-4-6-18(13-16)27-3/h4-14,23H,1-3H3. The lowest BCUT2D eigenvalue weighted by molar-refractivity contribution is 0.415. The number of ether oxygens (including phenoxy) is 1. The van der Waals surface area contributed by atoms with E-state index in [1.807, 2.05) is 49.0 Å². The zero-order valence-electron chi connectivity index (χ0n) is 15.5. The number of nitrogens with zero attached hydrogens (tertiary/aromatic N) is 4. The van der Waals surface area contributed by atoms with E-state index in [1.54, 1.807) is 19.5 Å². The van der Waals surface area contributed by atoms with Crippen LogP contribution in [0.5, 0.6) is 5.75 Å². The van der Waals surface area contributed by atoms with E-state index in [1.165, 1.54) is 0 Å². The highest BCUT2D eigenvalue weighted by Gasteiger charge is 2.15. The highest BCUT2D eigenvalue weighted by molar-refractivity contribution is 5.80. The molecule has 0 atom stereocenters. The first-order chi connectivity index (χ1) is 13.2. The average molecular weight is 359 g/mol. The quantitative estimate of drug-likeness (QED) is 0.578. The van der Waals surface area contributed by atoms with Crippen molar-refractivity contribution in [2.45, 2.75) is 0 Å².